The van der Waals surface area contributed by atoms with Crippen molar-refractivity contribution in [1.29, 1.82) is 0 Å². The molecule has 4 nitrogen and oxygen atoms in total. The van der Waals surface area contributed by atoms with E-state index >= 15 is 0 Å². The zero-order valence-electron chi connectivity index (χ0n) is 12.7. The molecular weight excluding hydrogens is 317 g/mol. The first-order valence-corrected chi connectivity index (χ1v) is 7.89. The first kappa shape index (κ1) is 17.3. The molecule has 0 aliphatic heterocycles. The molecule has 1 atom stereocenters. The number of aliphatic hydroxyl groups is 1. The summed E-state index contributed by atoms with van der Waals surface area (Å²) in [5.41, 5.74) is 0.934. The highest BCUT2D eigenvalue weighted by atomic mass is 32.1. The zero-order chi connectivity index (χ0) is 16.7. The van der Waals surface area contributed by atoms with Gasteiger partial charge < -0.3 is 15.2 Å². The summed E-state index contributed by atoms with van der Waals surface area (Å²) in [4.78, 5) is 13.6. The number of carbonyl (C=O) groups excluding carboxylic acids is 1. The van der Waals surface area contributed by atoms with E-state index in [1.54, 1.807) is 18.2 Å². The number of aliphatic hydroxyl groups excluding tert-OH is 1. The largest absolute Gasteiger partial charge is 0.389 e. The van der Waals surface area contributed by atoms with Crippen molar-refractivity contribution >= 4 is 23.3 Å². The van der Waals surface area contributed by atoms with Gasteiger partial charge in [-0.2, -0.15) is 0 Å². The lowest BCUT2D eigenvalue weighted by Gasteiger charge is -2.08. The van der Waals surface area contributed by atoms with Gasteiger partial charge in [0.2, 0.25) is 5.91 Å². The van der Waals surface area contributed by atoms with E-state index < -0.39 is 6.10 Å². The highest BCUT2D eigenvalue weighted by Gasteiger charge is 2.05. The molecule has 6 heteroatoms. The molecule has 1 aromatic carbocycles. The van der Waals surface area contributed by atoms with Crippen LogP contribution >= 0.6 is 11.3 Å². The summed E-state index contributed by atoms with van der Waals surface area (Å²) in [5.74, 6) is -0.547. The van der Waals surface area contributed by atoms with Gasteiger partial charge in [0.15, 0.2) is 0 Å². The van der Waals surface area contributed by atoms with E-state index in [9.17, 15) is 14.3 Å². The molecule has 0 aliphatic rings. The summed E-state index contributed by atoms with van der Waals surface area (Å²) >= 11 is 1.51. The van der Waals surface area contributed by atoms with Gasteiger partial charge in [0.05, 0.1) is 12.7 Å². The Hall–Kier alpha value is -2.02. The lowest BCUT2D eigenvalue weighted by atomic mass is 10.2. The number of amides is 1. The summed E-state index contributed by atoms with van der Waals surface area (Å²) in [6.07, 6.45) is 2.40. The first-order valence-electron chi connectivity index (χ1n) is 7.07. The Kier molecular flexibility index (Phi) is 6.46. The van der Waals surface area contributed by atoms with Crippen LogP contribution in [0.25, 0.3) is 16.5 Å². The van der Waals surface area contributed by atoms with Crippen molar-refractivity contribution < 1.29 is 19.0 Å². The normalized spacial score (nSPS) is 12.5. The molecule has 23 heavy (non-hydrogen) atoms. The second-order valence-corrected chi connectivity index (χ2v) is 6.01. The second-order valence-electron chi connectivity index (χ2n) is 4.90. The predicted octanol–water partition coefficient (Wildman–Crippen LogP) is 2.69. The van der Waals surface area contributed by atoms with Crippen molar-refractivity contribution in [2.75, 3.05) is 20.3 Å². The molecule has 0 saturated carbocycles. The molecule has 2 N–H and O–H groups in total. The molecule has 1 unspecified atom stereocenters. The first-order chi connectivity index (χ1) is 11.1. The van der Waals surface area contributed by atoms with Gasteiger partial charge in [0.1, 0.15) is 5.82 Å². The summed E-state index contributed by atoms with van der Waals surface area (Å²) < 4.78 is 17.7. The van der Waals surface area contributed by atoms with E-state index in [0.29, 0.717) is 0 Å². The molecule has 0 radical (unpaired) electrons. The number of ether oxygens (including phenoxy) is 1. The smallest absolute Gasteiger partial charge is 0.244 e. The van der Waals surface area contributed by atoms with Gasteiger partial charge in [0, 0.05) is 29.5 Å². The van der Waals surface area contributed by atoms with E-state index in [1.807, 2.05) is 12.1 Å². The SMILES string of the molecule is COCC(O)CNC(=O)/C=C/c1ccc(-c2ccc(F)cc2)s1. The monoisotopic (exact) mass is 335 g/mol. The Morgan fingerprint density at radius 1 is 1.35 bits per heavy atom. The third kappa shape index (κ3) is 5.59. The fraction of sp³-hybridized carbons (Fsp3) is 0.235. The highest BCUT2D eigenvalue weighted by molar-refractivity contribution is 7.16. The van der Waals surface area contributed by atoms with Crippen LogP contribution in [0.15, 0.2) is 42.5 Å². The number of nitrogens with one attached hydrogen (secondary N) is 1. The lowest BCUT2D eigenvalue weighted by molar-refractivity contribution is -0.117. The summed E-state index contributed by atoms with van der Waals surface area (Å²) in [6.45, 7) is 0.318. The van der Waals surface area contributed by atoms with Gasteiger partial charge in [-0.05, 0) is 35.9 Å². The molecular formula is C17H18FNO3S. The fourth-order valence-corrected chi connectivity index (χ4v) is 2.81. The number of hydrogen-bond donors (Lipinski definition) is 2. The predicted molar refractivity (Wildman–Crippen MR) is 89.6 cm³/mol. The number of rotatable bonds is 7. The van der Waals surface area contributed by atoms with E-state index in [0.717, 1.165) is 15.3 Å². The molecule has 0 bridgehead atoms. The Morgan fingerprint density at radius 2 is 2.09 bits per heavy atom. The number of carbonyl (C=O) groups is 1. The Morgan fingerprint density at radius 3 is 2.78 bits per heavy atom. The van der Waals surface area contributed by atoms with Crippen LogP contribution in [0.3, 0.4) is 0 Å². The number of methoxy groups -OCH3 is 1. The van der Waals surface area contributed by atoms with E-state index in [1.165, 1.54) is 36.7 Å². The molecule has 2 rings (SSSR count). The average Bonchev–Trinajstić information content (AvgIpc) is 3.01. The summed E-state index contributed by atoms with van der Waals surface area (Å²) in [7, 11) is 1.49. The van der Waals surface area contributed by atoms with Crippen LogP contribution in [0.4, 0.5) is 4.39 Å². The number of benzene rings is 1. The van der Waals surface area contributed by atoms with Crippen molar-refractivity contribution in [2.24, 2.45) is 0 Å². The molecule has 1 aromatic heterocycles. The maximum atomic E-state index is 12.9. The van der Waals surface area contributed by atoms with Crippen molar-refractivity contribution in [3.63, 3.8) is 0 Å². The van der Waals surface area contributed by atoms with Crippen LogP contribution in [0.2, 0.25) is 0 Å². The minimum atomic E-state index is -0.718. The highest BCUT2D eigenvalue weighted by Crippen LogP contribution is 2.28. The minimum absolute atomic E-state index is 0.141. The maximum absolute atomic E-state index is 12.9. The second kappa shape index (κ2) is 8.57. The van der Waals surface area contributed by atoms with Crippen molar-refractivity contribution in [2.45, 2.75) is 6.10 Å². The molecule has 0 aliphatic carbocycles. The Labute approximate surface area is 138 Å². The third-order valence-electron chi connectivity index (χ3n) is 3.03. The molecule has 2 aromatic rings. The fourth-order valence-electron chi connectivity index (χ4n) is 1.90. The number of halogens is 1. The van der Waals surface area contributed by atoms with Gasteiger partial charge in [-0.3, -0.25) is 4.79 Å². The molecule has 0 fully saturated rings. The van der Waals surface area contributed by atoms with Gasteiger partial charge in [-0.1, -0.05) is 12.1 Å². The van der Waals surface area contributed by atoms with Crippen molar-refractivity contribution in [3.05, 3.63) is 53.2 Å². The van der Waals surface area contributed by atoms with Crippen molar-refractivity contribution in [3.8, 4) is 10.4 Å². The third-order valence-corrected chi connectivity index (χ3v) is 4.13. The standard InChI is InChI=1S/C17H18FNO3S/c1-22-11-14(20)10-19-17(21)9-7-15-6-8-16(23-15)12-2-4-13(18)5-3-12/h2-9,14,20H,10-11H2,1H3,(H,19,21)/b9-7+. The lowest BCUT2D eigenvalue weighted by Crippen LogP contribution is -2.33. The molecule has 1 heterocycles. The van der Waals surface area contributed by atoms with Gasteiger partial charge in [-0.25, -0.2) is 4.39 Å². The molecule has 122 valence electrons. The number of hydrogen-bond acceptors (Lipinski definition) is 4. The Bertz CT molecular complexity index is 667. The van der Waals surface area contributed by atoms with Crippen LogP contribution in [-0.4, -0.2) is 37.4 Å². The number of thiophene rings is 1. The van der Waals surface area contributed by atoms with Crippen molar-refractivity contribution in [1.82, 2.24) is 5.32 Å². The quantitative estimate of drug-likeness (QED) is 0.765. The van der Waals surface area contributed by atoms with Crippen LogP contribution < -0.4 is 5.32 Å². The molecule has 1 amide bonds. The summed E-state index contributed by atoms with van der Waals surface area (Å²) in [5, 5.41) is 12.0. The van der Waals surface area contributed by atoms with Gasteiger partial charge in [-0.15, -0.1) is 11.3 Å². The van der Waals surface area contributed by atoms with Crippen LogP contribution in [0.5, 0.6) is 0 Å². The Balaban J connectivity index is 1.90. The maximum Gasteiger partial charge on any atom is 0.244 e. The van der Waals surface area contributed by atoms with E-state index in [-0.39, 0.29) is 24.9 Å². The van der Waals surface area contributed by atoms with Gasteiger partial charge >= 0.3 is 0 Å². The van der Waals surface area contributed by atoms with E-state index in [4.69, 9.17) is 4.74 Å². The summed E-state index contributed by atoms with van der Waals surface area (Å²) in [6, 6.07) is 10.1. The minimum Gasteiger partial charge on any atom is -0.389 e. The van der Waals surface area contributed by atoms with E-state index in [2.05, 4.69) is 5.32 Å². The molecule has 0 saturated heterocycles. The zero-order valence-corrected chi connectivity index (χ0v) is 13.5. The average molecular weight is 335 g/mol. The van der Waals surface area contributed by atoms with Crippen LogP contribution in [-0.2, 0) is 9.53 Å². The van der Waals surface area contributed by atoms with Crippen LogP contribution in [0, 0.1) is 5.82 Å². The topological polar surface area (TPSA) is 58.6 Å². The van der Waals surface area contributed by atoms with Gasteiger partial charge in [0.25, 0.3) is 0 Å². The van der Waals surface area contributed by atoms with Crippen LogP contribution in [0.1, 0.15) is 4.88 Å². The molecule has 0 spiro atoms.